The molecule has 0 amide bonds. The summed E-state index contributed by atoms with van der Waals surface area (Å²) < 4.78 is 12.7. The van der Waals surface area contributed by atoms with Crippen LogP contribution in [0, 0.1) is 5.82 Å². The van der Waals surface area contributed by atoms with Crippen LogP contribution in [0.15, 0.2) is 36.4 Å². The van der Waals surface area contributed by atoms with Crippen LogP contribution >= 0.6 is 0 Å². The summed E-state index contributed by atoms with van der Waals surface area (Å²) in [6, 6.07) is 6.13. The standard InChI is InChI=1S/C11H12FNO2/c1-8(11(14)15)6-13-7-9-3-2-4-10(12)5-9/h2-5,13H,1,6-7H2,(H,14,15). The Morgan fingerprint density at radius 3 is 2.87 bits per heavy atom. The van der Waals surface area contributed by atoms with Crippen LogP contribution in [0.2, 0.25) is 0 Å². The number of carbonyl (C=O) groups is 1. The fraction of sp³-hybridized carbons (Fsp3) is 0.182. The Labute approximate surface area is 87.2 Å². The fourth-order valence-corrected chi connectivity index (χ4v) is 1.08. The Hall–Kier alpha value is -1.68. The second-order valence-electron chi connectivity index (χ2n) is 3.14. The van der Waals surface area contributed by atoms with E-state index in [-0.39, 0.29) is 17.9 Å². The summed E-state index contributed by atoms with van der Waals surface area (Å²) in [7, 11) is 0. The first-order valence-corrected chi connectivity index (χ1v) is 4.46. The fourth-order valence-electron chi connectivity index (χ4n) is 1.08. The molecule has 4 heteroatoms. The molecule has 0 aliphatic rings. The zero-order chi connectivity index (χ0) is 11.3. The van der Waals surface area contributed by atoms with Gasteiger partial charge in [0.25, 0.3) is 0 Å². The number of nitrogens with one attached hydrogen (secondary N) is 1. The van der Waals surface area contributed by atoms with Gasteiger partial charge < -0.3 is 10.4 Å². The highest BCUT2D eigenvalue weighted by molar-refractivity contribution is 5.86. The van der Waals surface area contributed by atoms with Crippen LogP contribution in [0.5, 0.6) is 0 Å². The van der Waals surface area contributed by atoms with Gasteiger partial charge in [0.05, 0.1) is 0 Å². The second kappa shape index (κ2) is 5.26. The Morgan fingerprint density at radius 1 is 1.53 bits per heavy atom. The molecule has 1 aromatic rings. The Bertz CT molecular complexity index is 377. The number of halogens is 1. The van der Waals surface area contributed by atoms with Gasteiger partial charge in [0.2, 0.25) is 0 Å². The second-order valence-corrected chi connectivity index (χ2v) is 3.14. The summed E-state index contributed by atoms with van der Waals surface area (Å²) in [5, 5.41) is 11.4. The third-order valence-corrected chi connectivity index (χ3v) is 1.86. The van der Waals surface area contributed by atoms with Crippen molar-refractivity contribution >= 4 is 5.97 Å². The third kappa shape index (κ3) is 3.91. The number of hydrogen-bond acceptors (Lipinski definition) is 2. The minimum Gasteiger partial charge on any atom is -0.478 e. The third-order valence-electron chi connectivity index (χ3n) is 1.86. The highest BCUT2D eigenvalue weighted by Gasteiger charge is 2.02. The average molecular weight is 209 g/mol. The first-order valence-electron chi connectivity index (χ1n) is 4.46. The smallest absolute Gasteiger partial charge is 0.332 e. The maximum atomic E-state index is 12.7. The van der Waals surface area contributed by atoms with Gasteiger partial charge in [0.15, 0.2) is 0 Å². The lowest BCUT2D eigenvalue weighted by molar-refractivity contribution is -0.132. The average Bonchev–Trinajstić information content (AvgIpc) is 2.17. The summed E-state index contributed by atoms with van der Waals surface area (Å²) in [5.74, 6) is -1.33. The van der Waals surface area contributed by atoms with Crippen molar-refractivity contribution in [2.24, 2.45) is 0 Å². The molecule has 0 heterocycles. The predicted octanol–water partition coefficient (Wildman–Crippen LogP) is 1.56. The molecule has 0 atom stereocenters. The van der Waals surface area contributed by atoms with Crippen molar-refractivity contribution in [3.63, 3.8) is 0 Å². The summed E-state index contributed by atoms with van der Waals surface area (Å²) in [4.78, 5) is 10.4. The van der Waals surface area contributed by atoms with Crippen molar-refractivity contribution < 1.29 is 14.3 Å². The summed E-state index contributed by atoms with van der Waals surface area (Å²) in [5.41, 5.74) is 0.861. The zero-order valence-corrected chi connectivity index (χ0v) is 8.16. The van der Waals surface area contributed by atoms with Gasteiger partial charge in [-0.05, 0) is 17.7 Å². The van der Waals surface area contributed by atoms with Crippen LogP contribution in [0.25, 0.3) is 0 Å². The molecular weight excluding hydrogens is 197 g/mol. The molecule has 2 N–H and O–H groups in total. The molecule has 0 saturated heterocycles. The lowest BCUT2D eigenvalue weighted by Crippen LogP contribution is -2.19. The van der Waals surface area contributed by atoms with Crippen LogP contribution < -0.4 is 5.32 Å². The van der Waals surface area contributed by atoms with Gasteiger partial charge in [-0.2, -0.15) is 0 Å². The lowest BCUT2D eigenvalue weighted by atomic mass is 10.2. The largest absolute Gasteiger partial charge is 0.478 e. The number of aliphatic carboxylic acids is 1. The maximum absolute atomic E-state index is 12.7. The monoisotopic (exact) mass is 209 g/mol. The van der Waals surface area contributed by atoms with Gasteiger partial charge in [-0.15, -0.1) is 0 Å². The van der Waals surface area contributed by atoms with E-state index in [0.717, 1.165) is 5.56 Å². The van der Waals surface area contributed by atoms with E-state index >= 15 is 0 Å². The molecule has 80 valence electrons. The van der Waals surface area contributed by atoms with E-state index in [2.05, 4.69) is 11.9 Å². The van der Waals surface area contributed by atoms with Gasteiger partial charge in [-0.1, -0.05) is 18.7 Å². The molecule has 15 heavy (non-hydrogen) atoms. The van der Waals surface area contributed by atoms with Gasteiger partial charge in [-0.25, -0.2) is 9.18 Å². The van der Waals surface area contributed by atoms with Crippen molar-refractivity contribution in [1.29, 1.82) is 0 Å². The molecule has 0 radical (unpaired) electrons. The summed E-state index contributed by atoms with van der Waals surface area (Å²) in [6.45, 7) is 3.97. The summed E-state index contributed by atoms with van der Waals surface area (Å²) in [6.07, 6.45) is 0. The first kappa shape index (κ1) is 11.4. The molecule has 1 rings (SSSR count). The molecule has 0 bridgehead atoms. The number of rotatable bonds is 5. The van der Waals surface area contributed by atoms with Crippen LogP contribution in [-0.2, 0) is 11.3 Å². The maximum Gasteiger partial charge on any atom is 0.332 e. The zero-order valence-electron chi connectivity index (χ0n) is 8.16. The lowest BCUT2D eigenvalue weighted by Gasteiger charge is -2.04. The SMILES string of the molecule is C=C(CNCc1cccc(F)c1)C(=O)O. The Kier molecular flexibility index (Phi) is 4.00. The number of hydrogen-bond donors (Lipinski definition) is 2. The van der Waals surface area contributed by atoms with Gasteiger partial charge in [-0.3, -0.25) is 0 Å². The molecule has 0 aromatic heterocycles. The quantitative estimate of drug-likeness (QED) is 0.723. The van der Waals surface area contributed by atoms with E-state index in [4.69, 9.17) is 5.11 Å². The molecule has 3 nitrogen and oxygen atoms in total. The molecule has 1 aromatic carbocycles. The predicted molar refractivity (Wildman–Crippen MR) is 54.9 cm³/mol. The van der Waals surface area contributed by atoms with Crippen LogP contribution in [0.4, 0.5) is 4.39 Å². The summed E-state index contributed by atoms with van der Waals surface area (Å²) >= 11 is 0. The minimum atomic E-state index is -1.03. The van der Waals surface area contributed by atoms with Crippen molar-refractivity contribution in [3.05, 3.63) is 47.8 Å². The molecular formula is C11H12FNO2. The van der Waals surface area contributed by atoms with Crippen LogP contribution in [-0.4, -0.2) is 17.6 Å². The van der Waals surface area contributed by atoms with Crippen molar-refractivity contribution in [1.82, 2.24) is 5.32 Å². The highest BCUT2D eigenvalue weighted by atomic mass is 19.1. The van der Waals surface area contributed by atoms with E-state index in [0.29, 0.717) is 6.54 Å². The van der Waals surface area contributed by atoms with Crippen LogP contribution in [0.3, 0.4) is 0 Å². The normalized spacial score (nSPS) is 9.93. The van der Waals surface area contributed by atoms with Crippen LogP contribution in [0.1, 0.15) is 5.56 Å². The van der Waals surface area contributed by atoms with Gasteiger partial charge >= 0.3 is 5.97 Å². The molecule has 0 spiro atoms. The van der Waals surface area contributed by atoms with Crippen molar-refractivity contribution in [2.45, 2.75) is 6.54 Å². The molecule has 0 unspecified atom stereocenters. The number of benzene rings is 1. The van der Waals surface area contributed by atoms with Gasteiger partial charge in [0, 0.05) is 18.7 Å². The minimum absolute atomic E-state index is 0.0893. The molecule has 0 aliphatic heterocycles. The Morgan fingerprint density at radius 2 is 2.27 bits per heavy atom. The van der Waals surface area contributed by atoms with Crippen molar-refractivity contribution in [2.75, 3.05) is 6.54 Å². The van der Waals surface area contributed by atoms with E-state index in [9.17, 15) is 9.18 Å². The van der Waals surface area contributed by atoms with Crippen molar-refractivity contribution in [3.8, 4) is 0 Å². The number of carboxylic acids is 1. The van der Waals surface area contributed by atoms with E-state index in [1.54, 1.807) is 12.1 Å². The van der Waals surface area contributed by atoms with Gasteiger partial charge in [0.1, 0.15) is 5.82 Å². The Balaban J connectivity index is 2.38. The van der Waals surface area contributed by atoms with E-state index < -0.39 is 5.97 Å². The highest BCUT2D eigenvalue weighted by Crippen LogP contribution is 2.02. The van der Waals surface area contributed by atoms with E-state index in [1.807, 2.05) is 0 Å². The van der Waals surface area contributed by atoms with E-state index in [1.165, 1.54) is 12.1 Å². The topological polar surface area (TPSA) is 49.3 Å². The molecule has 0 fully saturated rings. The number of carboxylic acid groups (broad SMARTS) is 1. The molecule has 0 saturated carbocycles. The molecule has 0 aliphatic carbocycles. The first-order chi connectivity index (χ1) is 7.09.